The van der Waals surface area contributed by atoms with Gasteiger partial charge in [0.1, 0.15) is 11.9 Å². The van der Waals surface area contributed by atoms with E-state index in [1.807, 2.05) is 17.5 Å². The molecule has 0 saturated heterocycles. The van der Waals surface area contributed by atoms with Crippen molar-refractivity contribution in [1.82, 2.24) is 0 Å². The Morgan fingerprint density at radius 1 is 1.33 bits per heavy atom. The lowest BCUT2D eigenvalue weighted by atomic mass is 10.1. The highest BCUT2D eigenvalue weighted by molar-refractivity contribution is 9.10. The predicted molar refractivity (Wildman–Crippen MR) is 76.7 cm³/mol. The van der Waals surface area contributed by atoms with E-state index in [9.17, 15) is 9.65 Å². The number of hydrogen-bond donors (Lipinski definition) is 0. The second-order valence-corrected chi connectivity index (χ2v) is 5.55. The van der Waals surface area contributed by atoms with Crippen LogP contribution in [0.4, 0.5) is 4.39 Å². The van der Waals surface area contributed by atoms with Crippen molar-refractivity contribution in [2.45, 2.75) is 0 Å². The summed E-state index contributed by atoms with van der Waals surface area (Å²) in [5.41, 5.74) is 0.488. The topological polar surface area (TPSA) is 23.8 Å². The maximum atomic E-state index is 13.8. The first kappa shape index (κ1) is 13.3. The van der Waals surface area contributed by atoms with Crippen molar-refractivity contribution >= 4 is 49.5 Å². The van der Waals surface area contributed by atoms with Gasteiger partial charge in [-0.3, -0.25) is 0 Å². The number of nitrogens with zero attached hydrogens (tertiary/aromatic N) is 1. The van der Waals surface area contributed by atoms with Crippen molar-refractivity contribution in [3.63, 3.8) is 0 Å². The second-order valence-electron chi connectivity index (χ2n) is 3.37. The van der Waals surface area contributed by atoms with E-state index in [1.54, 1.807) is 18.2 Å². The minimum Gasteiger partial charge on any atom is -0.206 e. The Hall–Kier alpha value is -1.15. The lowest BCUT2D eigenvalue weighted by molar-refractivity contribution is 0.624. The number of benzene rings is 1. The highest BCUT2D eigenvalue weighted by atomic mass is 79.9. The molecule has 0 aliphatic carbocycles. The summed E-state index contributed by atoms with van der Waals surface area (Å²) in [6, 6.07) is 10.2. The van der Waals surface area contributed by atoms with E-state index < -0.39 is 5.82 Å². The number of rotatable bonds is 2. The fourth-order valence-electron chi connectivity index (χ4n) is 1.47. The Bertz CT molecular complexity index is 623. The summed E-state index contributed by atoms with van der Waals surface area (Å²) in [7, 11) is 0. The molecule has 0 radical (unpaired) electrons. The normalized spacial score (nSPS) is 11.9. The molecule has 90 valence electrons. The van der Waals surface area contributed by atoms with E-state index >= 15 is 0 Å². The molecular formula is C13H6BrClFNS. The van der Waals surface area contributed by atoms with Gasteiger partial charge in [0.25, 0.3) is 0 Å². The van der Waals surface area contributed by atoms with Gasteiger partial charge in [-0.25, -0.2) is 4.39 Å². The molecule has 0 aliphatic rings. The van der Waals surface area contributed by atoms with Gasteiger partial charge in [0, 0.05) is 14.9 Å². The molecule has 0 atom stereocenters. The molecule has 5 heteroatoms. The fraction of sp³-hybridized carbons (Fsp3) is 0. The van der Waals surface area contributed by atoms with Crippen molar-refractivity contribution in [3.05, 3.63) is 56.4 Å². The van der Waals surface area contributed by atoms with Crippen LogP contribution in [0.3, 0.4) is 0 Å². The smallest absolute Gasteiger partial charge is 0.133 e. The number of allylic oxidation sites excluding steroid dienone is 1. The van der Waals surface area contributed by atoms with Crippen LogP contribution in [-0.2, 0) is 0 Å². The molecular weight excluding hydrogens is 337 g/mol. The Morgan fingerprint density at radius 3 is 2.67 bits per heavy atom. The van der Waals surface area contributed by atoms with E-state index in [1.165, 1.54) is 17.4 Å². The van der Waals surface area contributed by atoms with E-state index in [4.69, 9.17) is 11.6 Å². The van der Waals surface area contributed by atoms with Gasteiger partial charge in [0.05, 0.1) is 10.6 Å². The van der Waals surface area contributed by atoms with E-state index in [-0.39, 0.29) is 16.2 Å². The Balaban J connectivity index is 2.66. The van der Waals surface area contributed by atoms with Crippen LogP contribution in [0.1, 0.15) is 10.4 Å². The third-order valence-electron chi connectivity index (χ3n) is 2.28. The molecule has 0 aliphatic heterocycles. The highest BCUT2D eigenvalue weighted by Gasteiger charge is 2.16. The van der Waals surface area contributed by atoms with Crippen molar-refractivity contribution in [2.75, 3.05) is 0 Å². The minimum atomic E-state index is -0.460. The van der Waals surface area contributed by atoms with E-state index in [2.05, 4.69) is 15.9 Å². The van der Waals surface area contributed by atoms with Crippen molar-refractivity contribution in [3.8, 4) is 6.07 Å². The van der Waals surface area contributed by atoms with Gasteiger partial charge in [-0.1, -0.05) is 39.7 Å². The maximum Gasteiger partial charge on any atom is 0.133 e. The van der Waals surface area contributed by atoms with Crippen molar-refractivity contribution in [1.29, 1.82) is 5.26 Å². The molecule has 1 heterocycles. The molecule has 0 N–H and O–H groups in total. The number of halogens is 3. The molecule has 0 saturated carbocycles. The van der Waals surface area contributed by atoms with Crippen LogP contribution in [0.25, 0.3) is 10.6 Å². The van der Waals surface area contributed by atoms with Crippen LogP contribution in [0.2, 0.25) is 0 Å². The van der Waals surface area contributed by atoms with Crippen molar-refractivity contribution < 1.29 is 4.39 Å². The summed E-state index contributed by atoms with van der Waals surface area (Å²) in [4.78, 5) is 0.720. The quantitative estimate of drug-likeness (QED) is 0.681. The predicted octanol–water partition coefficient (Wildman–Crippen LogP) is 5.28. The summed E-state index contributed by atoms with van der Waals surface area (Å²) in [6.07, 6.45) is 0. The third kappa shape index (κ3) is 2.49. The molecule has 0 spiro atoms. The van der Waals surface area contributed by atoms with Gasteiger partial charge in [-0.2, -0.15) is 5.26 Å². The SMILES string of the molecule is N#C/C(=C(\Cl)c1c(F)cccc1Br)c1cccs1. The molecule has 0 unspecified atom stereocenters. The first-order valence-corrected chi connectivity index (χ1v) is 6.98. The molecule has 2 rings (SSSR count). The van der Waals surface area contributed by atoms with Gasteiger partial charge < -0.3 is 0 Å². The monoisotopic (exact) mass is 341 g/mol. The van der Waals surface area contributed by atoms with Gasteiger partial charge >= 0.3 is 0 Å². The molecule has 2 aromatic rings. The van der Waals surface area contributed by atoms with Crippen LogP contribution in [0, 0.1) is 17.1 Å². The molecule has 0 amide bonds. The first-order valence-electron chi connectivity index (χ1n) is 4.93. The van der Waals surface area contributed by atoms with Crippen molar-refractivity contribution in [2.24, 2.45) is 0 Å². The minimum absolute atomic E-state index is 0.116. The molecule has 1 aromatic carbocycles. The Kier molecular flexibility index (Phi) is 4.18. The van der Waals surface area contributed by atoms with Gasteiger partial charge in [0.2, 0.25) is 0 Å². The summed E-state index contributed by atoms with van der Waals surface area (Å²) >= 11 is 10.8. The highest BCUT2D eigenvalue weighted by Crippen LogP contribution is 2.36. The zero-order chi connectivity index (χ0) is 13.1. The molecule has 1 nitrogen and oxygen atoms in total. The summed E-state index contributed by atoms with van der Waals surface area (Å²) in [5, 5.41) is 11.1. The van der Waals surface area contributed by atoms with Gasteiger partial charge in [0.15, 0.2) is 0 Å². The van der Waals surface area contributed by atoms with Crippen LogP contribution < -0.4 is 0 Å². The van der Waals surface area contributed by atoms with Gasteiger partial charge in [-0.05, 0) is 23.6 Å². The molecule has 0 bridgehead atoms. The number of thiophene rings is 1. The number of nitriles is 1. The standard InChI is InChI=1S/C13H6BrClFNS/c14-9-3-1-4-10(16)12(9)13(15)8(7-17)11-5-2-6-18-11/h1-6H/b13-8+. The average molecular weight is 343 g/mol. The summed E-state index contributed by atoms with van der Waals surface area (Å²) in [5.74, 6) is -0.460. The Morgan fingerprint density at radius 2 is 2.11 bits per heavy atom. The maximum absolute atomic E-state index is 13.8. The summed E-state index contributed by atoms with van der Waals surface area (Å²) < 4.78 is 14.3. The lowest BCUT2D eigenvalue weighted by Crippen LogP contribution is -1.90. The zero-order valence-corrected chi connectivity index (χ0v) is 12.1. The first-order chi connectivity index (χ1) is 8.65. The molecule has 0 fully saturated rings. The molecule has 18 heavy (non-hydrogen) atoms. The van der Waals surface area contributed by atoms with Crippen LogP contribution in [0.15, 0.2) is 40.2 Å². The second kappa shape index (κ2) is 5.66. The lowest BCUT2D eigenvalue weighted by Gasteiger charge is -2.06. The van der Waals surface area contributed by atoms with Crippen LogP contribution in [0.5, 0.6) is 0 Å². The van der Waals surface area contributed by atoms with Gasteiger partial charge in [-0.15, -0.1) is 11.3 Å². The number of hydrogen-bond acceptors (Lipinski definition) is 2. The van der Waals surface area contributed by atoms with E-state index in [0.29, 0.717) is 4.47 Å². The zero-order valence-electron chi connectivity index (χ0n) is 8.95. The van der Waals surface area contributed by atoms with E-state index in [0.717, 1.165) is 4.88 Å². The summed E-state index contributed by atoms with van der Waals surface area (Å²) in [6.45, 7) is 0. The largest absolute Gasteiger partial charge is 0.206 e. The third-order valence-corrected chi connectivity index (χ3v) is 4.21. The fourth-order valence-corrected chi connectivity index (χ4v) is 3.24. The average Bonchev–Trinajstić information content (AvgIpc) is 2.83. The van der Waals surface area contributed by atoms with Crippen LogP contribution in [-0.4, -0.2) is 0 Å². The molecule has 1 aromatic heterocycles. The van der Waals surface area contributed by atoms with Crippen LogP contribution >= 0.6 is 38.9 Å². The Labute approximate surface area is 121 Å².